The van der Waals surface area contributed by atoms with E-state index < -0.39 is 27.9 Å². The first-order chi connectivity index (χ1) is 9.56. The molecule has 0 radical (unpaired) electrons. The number of carbonyl (C=O) groups is 2. The molecular weight excluding hydrogens is 364 g/mol. The average Bonchev–Trinajstić information content (AvgIpc) is 2.36. The maximum Gasteiger partial charge on any atom is 0.335 e. The number of hydrogen-bond acceptors (Lipinski definition) is 4. The van der Waals surface area contributed by atoms with Gasteiger partial charge in [0.15, 0.2) is 0 Å². The molecule has 9 heteroatoms. The molecule has 21 heavy (non-hydrogen) atoms. The van der Waals surface area contributed by atoms with E-state index in [1.807, 2.05) is 0 Å². The van der Waals surface area contributed by atoms with Gasteiger partial charge in [-0.2, -0.15) is 4.72 Å². The summed E-state index contributed by atoms with van der Waals surface area (Å²) in [5, 5.41) is 8.85. The summed E-state index contributed by atoms with van der Waals surface area (Å²) in [5.74, 6) is -1.55. The van der Waals surface area contributed by atoms with E-state index in [9.17, 15) is 18.0 Å². The first-order valence-corrected chi connectivity index (χ1v) is 8.10. The molecule has 0 bridgehead atoms. The molecule has 2 N–H and O–H groups in total. The second-order valence-corrected chi connectivity index (χ2v) is 7.06. The van der Waals surface area contributed by atoms with Crippen molar-refractivity contribution >= 4 is 37.8 Å². The van der Waals surface area contributed by atoms with Crippen molar-refractivity contribution in [1.29, 1.82) is 0 Å². The van der Waals surface area contributed by atoms with Crippen LogP contribution < -0.4 is 4.72 Å². The zero-order valence-electron chi connectivity index (χ0n) is 11.6. The quantitative estimate of drug-likeness (QED) is 0.791. The van der Waals surface area contributed by atoms with E-state index in [1.54, 1.807) is 0 Å². The lowest BCUT2D eigenvalue weighted by molar-refractivity contribution is -0.130. The van der Waals surface area contributed by atoms with E-state index in [-0.39, 0.29) is 14.9 Å². The highest BCUT2D eigenvalue weighted by Crippen LogP contribution is 2.23. The molecule has 1 atom stereocenters. The minimum absolute atomic E-state index is 0.0433. The number of halogens is 1. The Balaban J connectivity index is 3.09. The SMILES string of the molecule is CC(NS(=O)(=O)c1ccc(C(=O)O)cc1Br)C(=O)N(C)C. The molecule has 116 valence electrons. The van der Waals surface area contributed by atoms with Crippen LogP contribution in [0.1, 0.15) is 17.3 Å². The van der Waals surface area contributed by atoms with E-state index in [2.05, 4.69) is 20.7 Å². The highest BCUT2D eigenvalue weighted by molar-refractivity contribution is 9.10. The molecule has 7 nitrogen and oxygen atoms in total. The van der Waals surface area contributed by atoms with Crippen LogP contribution in [0.3, 0.4) is 0 Å². The summed E-state index contributed by atoms with van der Waals surface area (Å²) in [6.45, 7) is 1.43. The minimum atomic E-state index is -3.95. The molecule has 0 aliphatic heterocycles. The molecule has 1 unspecified atom stereocenters. The first-order valence-electron chi connectivity index (χ1n) is 5.82. The first kappa shape index (κ1) is 17.6. The maximum absolute atomic E-state index is 12.2. The molecule has 0 saturated heterocycles. The van der Waals surface area contributed by atoms with Crippen LogP contribution in [0.4, 0.5) is 0 Å². The zero-order chi connectivity index (χ0) is 16.4. The number of carboxylic acids is 1. The number of aromatic carboxylic acids is 1. The van der Waals surface area contributed by atoms with Gasteiger partial charge < -0.3 is 10.0 Å². The molecule has 0 aromatic heterocycles. The number of benzene rings is 1. The van der Waals surface area contributed by atoms with E-state index in [0.717, 1.165) is 0 Å². The van der Waals surface area contributed by atoms with Crippen LogP contribution in [0.15, 0.2) is 27.6 Å². The van der Waals surface area contributed by atoms with Crippen molar-refractivity contribution in [2.45, 2.75) is 17.9 Å². The van der Waals surface area contributed by atoms with Gasteiger partial charge in [-0.1, -0.05) is 0 Å². The topological polar surface area (TPSA) is 104 Å². The second kappa shape index (κ2) is 6.54. The third kappa shape index (κ3) is 4.26. The Bertz CT molecular complexity index is 672. The number of sulfonamides is 1. The Morgan fingerprint density at radius 2 is 1.90 bits per heavy atom. The van der Waals surface area contributed by atoms with Crippen molar-refractivity contribution in [3.8, 4) is 0 Å². The monoisotopic (exact) mass is 378 g/mol. The molecule has 1 rings (SSSR count). The van der Waals surface area contributed by atoms with Crippen LogP contribution >= 0.6 is 15.9 Å². The number of carboxylic acid groups (broad SMARTS) is 1. The minimum Gasteiger partial charge on any atom is -0.478 e. The van der Waals surface area contributed by atoms with Crippen LogP contribution in [-0.2, 0) is 14.8 Å². The lowest BCUT2D eigenvalue weighted by Crippen LogP contribution is -2.44. The summed E-state index contributed by atoms with van der Waals surface area (Å²) in [4.78, 5) is 23.6. The number of likely N-dealkylation sites (N-methyl/N-ethyl adjacent to an activating group) is 1. The van der Waals surface area contributed by atoms with E-state index >= 15 is 0 Å². The van der Waals surface area contributed by atoms with Crippen LogP contribution in [0.25, 0.3) is 0 Å². The second-order valence-electron chi connectivity index (χ2n) is 4.53. The molecule has 0 aliphatic rings. The Morgan fingerprint density at radius 1 is 1.33 bits per heavy atom. The summed E-state index contributed by atoms with van der Waals surface area (Å²) in [6.07, 6.45) is 0. The zero-order valence-corrected chi connectivity index (χ0v) is 14.0. The fourth-order valence-corrected chi connectivity index (χ4v) is 3.86. The van der Waals surface area contributed by atoms with Gasteiger partial charge in [0.1, 0.15) is 0 Å². The molecule has 0 aliphatic carbocycles. The summed E-state index contributed by atoms with van der Waals surface area (Å²) in [7, 11) is -0.911. The Morgan fingerprint density at radius 3 is 2.33 bits per heavy atom. The molecule has 1 aromatic carbocycles. The highest BCUT2D eigenvalue weighted by atomic mass is 79.9. The third-order valence-electron chi connectivity index (χ3n) is 2.61. The van der Waals surface area contributed by atoms with Gasteiger partial charge in [-0.15, -0.1) is 0 Å². The van der Waals surface area contributed by atoms with Crippen molar-refractivity contribution in [1.82, 2.24) is 9.62 Å². The van der Waals surface area contributed by atoms with Gasteiger partial charge in [0.2, 0.25) is 15.9 Å². The molecular formula is C12H15BrN2O5S. The van der Waals surface area contributed by atoms with Crippen LogP contribution in [0.2, 0.25) is 0 Å². The maximum atomic E-state index is 12.2. The smallest absolute Gasteiger partial charge is 0.335 e. The van der Waals surface area contributed by atoms with Crippen molar-refractivity contribution in [3.05, 3.63) is 28.2 Å². The van der Waals surface area contributed by atoms with Gasteiger partial charge in [-0.3, -0.25) is 4.79 Å². The molecule has 0 heterocycles. The predicted octanol–water partition coefficient (Wildman–Crippen LogP) is 0.902. The molecule has 0 spiro atoms. The van der Waals surface area contributed by atoms with Gasteiger partial charge in [0.05, 0.1) is 16.5 Å². The van der Waals surface area contributed by atoms with Crippen molar-refractivity contribution in [2.24, 2.45) is 0 Å². The van der Waals surface area contributed by atoms with Crippen LogP contribution in [-0.4, -0.2) is 50.4 Å². The number of hydrogen-bond donors (Lipinski definition) is 2. The van der Waals surface area contributed by atoms with E-state index in [4.69, 9.17) is 5.11 Å². The van der Waals surface area contributed by atoms with Crippen molar-refractivity contribution in [2.75, 3.05) is 14.1 Å². The number of nitrogens with zero attached hydrogens (tertiary/aromatic N) is 1. The van der Waals surface area contributed by atoms with Gasteiger partial charge in [-0.25, -0.2) is 13.2 Å². The average molecular weight is 379 g/mol. The molecule has 0 saturated carbocycles. The van der Waals surface area contributed by atoms with Gasteiger partial charge in [0, 0.05) is 18.6 Å². The summed E-state index contributed by atoms with van der Waals surface area (Å²) in [5.41, 5.74) is -0.0433. The predicted molar refractivity (Wildman–Crippen MR) is 79.6 cm³/mol. The van der Waals surface area contributed by atoms with E-state index in [0.29, 0.717) is 0 Å². The lowest BCUT2D eigenvalue weighted by atomic mass is 10.2. The molecule has 1 aromatic rings. The van der Waals surface area contributed by atoms with Crippen LogP contribution in [0.5, 0.6) is 0 Å². The van der Waals surface area contributed by atoms with E-state index in [1.165, 1.54) is 44.1 Å². The number of carbonyl (C=O) groups excluding carboxylic acids is 1. The number of rotatable bonds is 5. The lowest BCUT2D eigenvalue weighted by Gasteiger charge is -2.18. The summed E-state index contributed by atoms with van der Waals surface area (Å²) >= 11 is 3.03. The largest absolute Gasteiger partial charge is 0.478 e. The Hall–Kier alpha value is -1.45. The fourth-order valence-electron chi connectivity index (χ4n) is 1.59. The van der Waals surface area contributed by atoms with Crippen molar-refractivity contribution in [3.63, 3.8) is 0 Å². The normalized spacial score (nSPS) is 12.8. The van der Waals surface area contributed by atoms with Gasteiger partial charge in [0.25, 0.3) is 0 Å². The van der Waals surface area contributed by atoms with Gasteiger partial charge in [-0.05, 0) is 41.1 Å². The summed E-state index contributed by atoms with van der Waals surface area (Å²) in [6, 6.07) is 2.61. The Labute approximate surface area is 131 Å². The number of nitrogens with one attached hydrogen (secondary N) is 1. The highest BCUT2D eigenvalue weighted by Gasteiger charge is 2.25. The number of amides is 1. The standard InChI is InChI=1S/C12H15BrN2O5S/c1-7(11(16)15(2)3)14-21(19,20)10-5-4-8(12(17)18)6-9(10)13/h4-7,14H,1-3H3,(H,17,18). The van der Waals surface area contributed by atoms with Gasteiger partial charge >= 0.3 is 5.97 Å². The summed E-state index contributed by atoms with van der Waals surface area (Å²) < 4.78 is 26.8. The van der Waals surface area contributed by atoms with Crippen molar-refractivity contribution < 1.29 is 23.1 Å². The Kier molecular flexibility index (Phi) is 5.48. The fraction of sp³-hybridized carbons (Fsp3) is 0.333. The third-order valence-corrected chi connectivity index (χ3v) is 5.13. The van der Waals surface area contributed by atoms with Crippen LogP contribution in [0, 0.1) is 0 Å². The molecule has 1 amide bonds. The molecule has 0 fully saturated rings.